The maximum atomic E-state index is 6.06. The number of halogens is 1. The Balaban J connectivity index is 0.00000300. The predicted molar refractivity (Wildman–Crippen MR) is 129 cm³/mol. The van der Waals surface area contributed by atoms with Gasteiger partial charge in [0.05, 0.1) is 19.3 Å². The second-order valence-corrected chi connectivity index (χ2v) is 7.62. The lowest BCUT2D eigenvalue weighted by Crippen LogP contribution is -2.38. The van der Waals surface area contributed by atoms with E-state index in [9.17, 15) is 0 Å². The first-order chi connectivity index (χ1) is 13.6. The standard InChI is InChI=1S/C22H33N5O.HI/c1-4-23-22(24-10-5-11-27-15-18(3)13-26-27)25-14-20-9-6-17(2)12-21(20)28-16-19-7-8-19;/h6,9,12-13,15,19H,4-5,7-8,10-11,14,16H2,1-3H3,(H2,23,24,25);1H. The predicted octanol–water partition coefficient (Wildman–Crippen LogP) is 4.05. The number of nitrogens with one attached hydrogen (secondary N) is 2. The molecule has 2 N–H and O–H groups in total. The zero-order valence-electron chi connectivity index (χ0n) is 17.8. The van der Waals surface area contributed by atoms with Crippen molar-refractivity contribution < 1.29 is 4.74 Å². The lowest BCUT2D eigenvalue weighted by molar-refractivity contribution is 0.296. The summed E-state index contributed by atoms with van der Waals surface area (Å²) in [5.41, 5.74) is 3.55. The van der Waals surface area contributed by atoms with Crippen molar-refractivity contribution in [1.82, 2.24) is 20.4 Å². The van der Waals surface area contributed by atoms with Gasteiger partial charge in [0, 0.05) is 31.4 Å². The molecule has 0 saturated heterocycles. The van der Waals surface area contributed by atoms with Crippen LogP contribution < -0.4 is 15.4 Å². The molecule has 0 spiro atoms. The highest BCUT2D eigenvalue weighted by Crippen LogP contribution is 2.30. The first kappa shape index (κ1) is 23.5. The van der Waals surface area contributed by atoms with Gasteiger partial charge in [0.1, 0.15) is 5.75 Å². The van der Waals surface area contributed by atoms with Gasteiger partial charge in [-0.1, -0.05) is 12.1 Å². The van der Waals surface area contributed by atoms with Gasteiger partial charge in [0.2, 0.25) is 0 Å². The molecule has 0 aliphatic heterocycles. The van der Waals surface area contributed by atoms with Gasteiger partial charge in [-0.2, -0.15) is 5.10 Å². The van der Waals surface area contributed by atoms with Crippen LogP contribution in [0.25, 0.3) is 0 Å². The minimum atomic E-state index is 0. The number of aryl methyl sites for hydroxylation is 3. The number of guanidine groups is 1. The molecule has 0 unspecified atom stereocenters. The Morgan fingerprint density at radius 3 is 2.76 bits per heavy atom. The van der Waals surface area contributed by atoms with Gasteiger partial charge in [-0.15, -0.1) is 24.0 Å². The number of nitrogens with zero attached hydrogens (tertiary/aromatic N) is 3. The summed E-state index contributed by atoms with van der Waals surface area (Å²) in [6.45, 7) is 10.3. The van der Waals surface area contributed by atoms with Crippen LogP contribution in [0.1, 0.15) is 42.9 Å². The lowest BCUT2D eigenvalue weighted by atomic mass is 10.1. The Morgan fingerprint density at radius 1 is 1.24 bits per heavy atom. The Kier molecular flexibility index (Phi) is 9.76. The van der Waals surface area contributed by atoms with Crippen molar-refractivity contribution in [3.63, 3.8) is 0 Å². The van der Waals surface area contributed by atoms with E-state index in [-0.39, 0.29) is 24.0 Å². The van der Waals surface area contributed by atoms with E-state index in [1.54, 1.807) is 0 Å². The molecule has 6 nitrogen and oxygen atoms in total. The maximum Gasteiger partial charge on any atom is 0.191 e. The Labute approximate surface area is 191 Å². The summed E-state index contributed by atoms with van der Waals surface area (Å²) >= 11 is 0. The van der Waals surface area contributed by atoms with Crippen LogP contribution in [-0.4, -0.2) is 35.4 Å². The summed E-state index contributed by atoms with van der Waals surface area (Å²) in [6.07, 6.45) is 7.55. The molecule has 0 bridgehead atoms. The SMILES string of the molecule is CCNC(=NCc1ccc(C)cc1OCC1CC1)NCCCn1cc(C)cn1.I. The average molecular weight is 511 g/mol. The first-order valence-electron chi connectivity index (χ1n) is 10.4. The van der Waals surface area contributed by atoms with Crippen molar-refractivity contribution >= 4 is 29.9 Å². The molecule has 1 fully saturated rings. The Hall–Kier alpha value is -1.77. The van der Waals surface area contributed by atoms with Crippen molar-refractivity contribution in [2.45, 2.75) is 53.1 Å². The largest absolute Gasteiger partial charge is 0.493 e. The minimum Gasteiger partial charge on any atom is -0.493 e. The molecule has 0 radical (unpaired) electrons. The molecular formula is C22H34IN5O. The zero-order chi connectivity index (χ0) is 19.8. The fraction of sp³-hybridized carbons (Fsp3) is 0.545. The van der Waals surface area contributed by atoms with Gasteiger partial charge in [-0.3, -0.25) is 4.68 Å². The summed E-state index contributed by atoms with van der Waals surface area (Å²) in [5.74, 6) is 2.56. The van der Waals surface area contributed by atoms with Crippen LogP contribution in [0.15, 0.2) is 35.6 Å². The monoisotopic (exact) mass is 511 g/mol. The third-order valence-electron chi connectivity index (χ3n) is 4.76. The summed E-state index contributed by atoms with van der Waals surface area (Å²) < 4.78 is 8.05. The maximum absolute atomic E-state index is 6.06. The van der Waals surface area contributed by atoms with Crippen molar-refractivity contribution in [3.8, 4) is 5.75 Å². The van der Waals surface area contributed by atoms with Gasteiger partial charge in [-0.05, 0) is 63.1 Å². The normalized spacial score (nSPS) is 13.7. The Morgan fingerprint density at radius 2 is 2.07 bits per heavy atom. The highest BCUT2D eigenvalue weighted by molar-refractivity contribution is 14.0. The molecule has 0 amide bonds. The lowest BCUT2D eigenvalue weighted by Gasteiger charge is -2.13. The summed E-state index contributed by atoms with van der Waals surface area (Å²) in [4.78, 5) is 4.76. The van der Waals surface area contributed by atoms with Crippen LogP contribution >= 0.6 is 24.0 Å². The molecule has 1 saturated carbocycles. The fourth-order valence-electron chi connectivity index (χ4n) is 2.96. The molecule has 1 aliphatic rings. The zero-order valence-corrected chi connectivity index (χ0v) is 20.1. The molecule has 1 heterocycles. The van der Waals surface area contributed by atoms with Gasteiger partial charge in [-0.25, -0.2) is 4.99 Å². The van der Waals surface area contributed by atoms with E-state index in [4.69, 9.17) is 9.73 Å². The van der Waals surface area contributed by atoms with Crippen LogP contribution in [0.2, 0.25) is 0 Å². The van der Waals surface area contributed by atoms with E-state index in [1.165, 1.54) is 24.0 Å². The Bertz CT molecular complexity index is 785. The molecule has 160 valence electrons. The van der Waals surface area contributed by atoms with Crippen LogP contribution in [0.4, 0.5) is 0 Å². The van der Waals surface area contributed by atoms with Crippen LogP contribution in [0.5, 0.6) is 5.75 Å². The molecule has 0 atom stereocenters. The molecule has 29 heavy (non-hydrogen) atoms. The third kappa shape index (κ3) is 8.24. The summed E-state index contributed by atoms with van der Waals surface area (Å²) in [6, 6.07) is 6.38. The molecule has 3 rings (SSSR count). The number of hydrogen-bond donors (Lipinski definition) is 2. The van der Waals surface area contributed by atoms with E-state index < -0.39 is 0 Å². The molecular weight excluding hydrogens is 477 g/mol. The summed E-state index contributed by atoms with van der Waals surface area (Å²) in [7, 11) is 0. The second-order valence-electron chi connectivity index (χ2n) is 7.62. The number of aliphatic imine (C=N–C) groups is 1. The van der Waals surface area contributed by atoms with Gasteiger partial charge >= 0.3 is 0 Å². The molecule has 1 aliphatic carbocycles. The second kappa shape index (κ2) is 12.0. The highest BCUT2D eigenvalue weighted by atomic mass is 127. The smallest absolute Gasteiger partial charge is 0.191 e. The number of hydrogen-bond acceptors (Lipinski definition) is 3. The highest BCUT2D eigenvalue weighted by Gasteiger charge is 2.22. The van der Waals surface area contributed by atoms with Crippen LogP contribution in [-0.2, 0) is 13.1 Å². The van der Waals surface area contributed by atoms with Crippen molar-refractivity contribution in [1.29, 1.82) is 0 Å². The topological polar surface area (TPSA) is 63.5 Å². The fourth-order valence-corrected chi connectivity index (χ4v) is 2.96. The van der Waals surface area contributed by atoms with Crippen molar-refractivity contribution in [2.75, 3.05) is 19.7 Å². The number of aromatic nitrogens is 2. The van der Waals surface area contributed by atoms with Crippen molar-refractivity contribution in [2.24, 2.45) is 10.9 Å². The minimum absolute atomic E-state index is 0. The first-order valence-corrected chi connectivity index (χ1v) is 10.4. The molecule has 1 aromatic carbocycles. The van der Waals surface area contributed by atoms with Crippen LogP contribution in [0, 0.1) is 19.8 Å². The van der Waals surface area contributed by atoms with E-state index >= 15 is 0 Å². The molecule has 2 aromatic rings. The third-order valence-corrected chi connectivity index (χ3v) is 4.76. The average Bonchev–Trinajstić information content (AvgIpc) is 3.42. The van der Waals surface area contributed by atoms with Crippen molar-refractivity contribution in [3.05, 3.63) is 47.3 Å². The van der Waals surface area contributed by atoms with Gasteiger partial charge < -0.3 is 15.4 Å². The number of rotatable bonds is 10. The van der Waals surface area contributed by atoms with E-state index in [0.29, 0.717) is 6.54 Å². The van der Waals surface area contributed by atoms with Gasteiger partial charge in [0.15, 0.2) is 5.96 Å². The quantitative estimate of drug-likeness (QED) is 0.219. The van der Waals surface area contributed by atoms with E-state index in [0.717, 1.165) is 55.9 Å². The molecule has 7 heteroatoms. The van der Waals surface area contributed by atoms with E-state index in [1.807, 2.05) is 10.9 Å². The van der Waals surface area contributed by atoms with Crippen LogP contribution in [0.3, 0.4) is 0 Å². The summed E-state index contributed by atoms with van der Waals surface area (Å²) in [5, 5.41) is 11.1. The number of benzene rings is 1. The van der Waals surface area contributed by atoms with E-state index in [2.05, 4.69) is 60.9 Å². The van der Waals surface area contributed by atoms with Gasteiger partial charge in [0.25, 0.3) is 0 Å². The molecule has 1 aromatic heterocycles. The number of ether oxygens (including phenoxy) is 1.